The predicted octanol–water partition coefficient (Wildman–Crippen LogP) is -1.11. The number of carbonyl (C=O) groups is 1. The van der Waals surface area contributed by atoms with Crippen LogP contribution in [0.15, 0.2) is 0 Å². The van der Waals surface area contributed by atoms with Crippen LogP contribution in [0, 0.1) is 5.92 Å². The molecule has 1 aliphatic rings. The monoisotopic (exact) mass is 314 g/mol. The fourth-order valence-corrected chi connectivity index (χ4v) is 2.23. The van der Waals surface area contributed by atoms with Gasteiger partial charge in [0, 0.05) is 0 Å². The zero-order valence-electron chi connectivity index (χ0n) is 11.1. The van der Waals surface area contributed by atoms with Crippen molar-refractivity contribution in [3.63, 3.8) is 0 Å². The number of esters is 1. The molecule has 0 aromatic heterocycles. The molecule has 9 nitrogen and oxygen atoms in total. The van der Waals surface area contributed by atoms with Gasteiger partial charge in [-0.3, -0.25) is 0 Å². The van der Waals surface area contributed by atoms with E-state index >= 15 is 0 Å². The van der Waals surface area contributed by atoms with Gasteiger partial charge in [-0.15, -0.1) is 0 Å². The second-order valence-electron chi connectivity index (χ2n) is 4.61. The maximum atomic E-state index is 11.6. The largest absolute Gasteiger partial charge is 0.454 e. The van der Waals surface area contributed by atoms with E-state index in [1.807, 2.05) is 13.8 Å². The minimum absolute atomic E-state index is 0.00664. The molecule has 0 spiro atoms. The first-order chi connectivity index (χ1) is 9.18. The smallest absolute Gasteiger partial charge is 0.416 e. The van der Waals surface area contributed by atoms with Gasteiger partial charge in [0.05, 0.1) is 19.8 Å². The van der Waals surface area contributed by atoms with E-state index in [0.717, 1.165) is 0 Å². The predicted molar refractivity (Wildman–Crippen MR) is 63.3 cm³/mol. The highest BCUT2D eigenvalue weighted by Gasteiger charge is 2.59. The Hall–Kier alpha value is -0.780. The first-order valence-electron chi connectivity index (χ1n) is 5.97. The number of aliphatic hydroxyl groups excluding tert-OH is 1. The molecular formula is C10H18O9S. The van der Waals surface area contributed by atoms with Crippen molar-refractivity contribution in [2.75, 3.05) is 19.8 Å². The van der Waals surface area contributed by atoms with E-state index in [-0.39, 0.29) is 25.7 Å². The van der Waals surface area contributed by atoms with E-state index in [1.54, 1.807) is 0 Å². The van der Waals surface area contributed by atoms with Crippen LogP contribution in [-0.2, 0) is 33.0 Å². The van der Waals surface area contributed by atoms with Gasteiger partial charge in [-0.1, -0.05) is 13.8 Å². The van der Waals surface area contributed by atoms with E-state index in [9.17, 15) is 18.3 Å². The molecule has 1 aliphatic heterocycles. The van der Waals surface area contributed by atoms with Gasteiger partial charge in [-0.25, -0.2) is 4.79 Å². The summed E-state index contributed by atoms with van der Waals surface area (Å²) >= 11 is 0. The molecule has 2 N–H and O–H groups in total. The van der Waals surface area contributed by atoms with Crippen LogP contribution in [0.4, 0.5) is 0 Å². The first-order valence-corrected chi connectivity index (χ1v) is 7.30. The van der Waals surface area contributed by atoms with Crippen LogP contribution in [-0.4, -0.2) is 56.5 Å². The average molecular weight is 314 g/mol. The summed E-state index contributed by atoms with van der Waals surface area (Å²) < 4.78 is 39.1. The Morgan fingerprint density at radius 2 is 1.95 bits per heavy atom. The Bertz CT molecular complexity index is 418. The molecule has 0 aliphatic carbocycles. The van der Waals surface area contributed by atoms with Gasteiger partial charge in [0.1, 0.15) is 6.10 Å². The van der Waals surface area contributed by atoms with E-state index in [4.69, 9.17) is 14.6 Å². The summed E-state index contributed by atoms with van der Waals surface area (Å²) in [6, 6.07) is 0. The SMILES string of the molecule is CC(C)CC(COCCO)OC(=O)C1(O)OS(=O)(=O)O1. The van der Waals surface area contributed by atoms with Crippen molar-refractivity contribution in [1.29, 1.82) is 0 Å². The highest BCUT2D eigenvalue weighted by Crippen LogP contribution is 2.30. The molecule has 118 valence electrons. The molecule has 1 atom stereocenters. The molecule has 1 rings (SSSR count). The minimum atomic E-state index is -4.33. The Kier molecular flexibility index (Phi) is 5.86. The van der Waals surface area contributed by atoms with Crippen LogP contribution < -0.4 is 0 Å². The van der Waals surface area contributed by atoms with Gasteiger partial charge >= 0.3 is 22.3 Å². The molecular weight excluding hydrogens is 296 g/mol. The Balaban J connectivity index is 2.53. The van der Waals surface area contributed by atoms with Gasteiger partial charge in [0.25, 0.3) is 0 Å². The summed E-state index contributed by atoms with van der Waals surface area (Å²) in [6.07, 6.45) is -0.312. The lowest BCUT2D eigenvalue weighted by atomic mass is 10.1. The van der Waals surface area contributed by atoms with Crippen molar-refractivity contribution < 1.29 is 41.3 Å². The number of aliphatic hydroxyl groups is 2. The number of hydrogen-bond acceptors (Lipinski definition) is 9. The molecule has 1 fully saturated rings. The lowest BCUT2D eigenvalue weighted by molar-refractivity contribution is -0.318. The molecule has 10 heteroatoms. The van der Waals surface area contributed by atoms with Crippen molar-refractivity contribution in [3.05, 3.63) is 0 Å². The molecule has 1 heterocycles. The van der Waals surface area contributed by atoms with Crippen molar-refractivity contribution >= 4 is 16.4 Å². The second kappa shape index (κ2) is 6.78. The molecule has 1 saturated heterocycles. The highest BCUT2D eigenvalue weighted by molar-refractivity contribution is 7.82. The van der Waals surface area contributed by atoms with Gasteiger partial charge in [-0.2, -0.15) is 16.8 Å². The topological polar surface area (TPSA) is 129 Å². The van der Waals surface area contributed by atoms with Gasteiger partial charge in [0.15, 0.2) is 0 Å². The molecule has 0 bridgehead atoms. The van der Waals surface area contributed by atoms with Crippen molar-refractivity contribution in [1.82, 2.24) is 0 Å². The zero-order chi connectivity index (χ0) is 15.4. The lowest BCUT2D eigenvalue weighted by Gasteiger charge is -2.32. The van der Waals surface area contributed by atoms with Crippen LogP contribution >= 0.6 is 0 Å². The van der Waals surface area contributed by atoms with Crippen LogP contribution in [0.25, 0.3) is 0 Å². The molecule has 20 heavy (non-hydrogen) atoms. The number of rotatable bonds is 8. The average Bonchev–Trinajstić information content (AvgIpc) is 2.25. The summed E-state index contributed by atoms with van der Waals surface area (Å²) in [5.41, 5.74) is 0. The zero-order valence-corrected chi connectivity index (χ0v) is 12.0. The minimum Gasteiger partial charge on any atom is -0.454 e. The standard InChI is InChI=1S/C10H18O9S/c1-7(2)5-8(6-16-4-3-11)17-9(12)10(13)18-20(14,15)19-10/h7-8,11,13H,3-6H2,1-2H3. The Morgan fingerprint density at radius 3 is 2.40 bits per heavy atom. The number of ether oxygens (including phenoxy) is 2. The summed E-state index contributed by atoms with van der Waals surface area (Å²) in [7, 11) is -4.33. The van der Waals surface area contributed by atoms with Gasteiger partial charge in [-0.05, 0) is 12.3 Å². The summed E-state index contributed by atoms with van der Waals surface area (Å²) in [6.45, 7) is 3.63. The van der Waals surface area contributed by atoms with Crippen molar-refractivity contribution in [2.24, 2.45) is 5.92 Å². The van der Waals surface area contributed by atoms with Crippen LogP contribution in [0.5, 0.6) is 0 Å². The van der Waals surface area contributed by atoms with Crippen LogP contribution in [0.1, 0.15) is 20.3 Å². The van der Waals surface area contributed by atoms with E-state index in [2.05, 4.69) is 8.37 Å². The number of carbonyl (C=O) groups excluding carboxylic acids is 1. The molecule has 0 saturated carbocycles. The Labute approximate surface area is 116 Å². The fourth-order valence-electron chi connectivity index (χ4n) is 1.53. The molecule has 0 amide bonds. The molecule has 0 radical (unpaired) electrons. The first kappa shape index (κ1) is 17.3. The number of hydrogen-bond donors (Lipinski definition) is 2. The normalized spacial score (nSPS) is 21.2. The highest BCUT2D eigenvalue weighted by atomic mass is 32.3. The third-order valence-electron chi connectivity index (χ3n) is 2.24. The maximum absolute atomic E-state index is 11.6. The quantitative estimate of drug-likeness (QED) is 0.423. The third kappa shape index (κ3) is 4.96. The molecule has 1 unspecified atom stereocenters. The van der Waals surface area contributed by atoms with Crippen LogP contribution in [0.3, 0.4) is 0 Å². The van der Waals surface area contributed by atoms with E-state index in [0.29, 0.717) is 6.42 Å². The van der Waals surface area contributed by atoms with Crippen molar-refractivity contribution in [3.8, 4) is 0 Å². The van der Waals surface area contributed by atoms with E-state index < -0.39 is 28.4 Å². The third-order valence-corrected chi connectivity index (χ3v) is 3.10. The molecule has 0 aromatic carbocycles. The fraction of sp³-hybridized carbons (Fsp3) is 0.900. The maximum Gasteiger partial charge on any atom is 0.416 e. The van der Waals surface area contributed by atoms with Gasteiger partial charge < -0.3 is 19.7 Å². The van der Waals surface area contributed by atoms with Gasteiger partial charge in [0.2, 0.25) is 0 Å². The Morgan fingerprint density at radius 1 is 1.35 bits per heavy atom. The summed E-state index contributed by atoms with van der Waals surface area (Å²) in [5, 5.41) is 18.0. The summed E-state index contributed by atoms with van der Waals surface area (Å²) in [5.74, 6) is -4.14. The summed E-state index contributed by atoms with van der Waals surface area (Å²) in [4.78, 5) is 11.6. The van der Waals surface area contributed by atoms with Crippen LogP contribution in [0.2, 0.25) is 0 Å². The lowest BCUT2D eigenvalue weighted by Crippen LogP contribution is -2.57. The molecule has 0 aromatic rings. The van der Waals surface area contributed by atoms with Crippen molar-refractivity contribution in [2.45, 2.75) is 32.3 Å². The van der Waals surface area contributed by atoms with E-state index in [1.165, 1.54) is 0 Å². The second-order valence-corrected chi connectivity index (χ2v) is 5.76.